The Morgan fingerprint density at radius 2 is 1.81 bits per heavy atom. The van der Waals surface area contributed by atoms with Gasteiger partial charge in [-0.2, -0.15) is 5.10 Å². The number of benzene rings is 2. The molecule has 164 valence electrons. The van der Waals surface area contributed by atoms with Crippen LogP contribution >= 0.6 is 0 Å². The molecule has 2 N–H and O–H groups in total. The summed E-state index contributed by atoms with van der Waals surface area (Å²) in [6, 6.07) is 14.1. The Bertz CT molecular complexity index is 1280. The van der Waals surface area contributed by atoms with Gasteiger partial charge in [-0.3, -0.25) is 9.89 Å². The summed E-state index contributed by atoms with van der Waals surface area (Å²) in [7, 11) is 3.95. The Balaban J connectivity index is 1.39. The molecular weight excluding hydrogens is 402 g/mol. The Hall–Kier alpha value is -3.65. The molecule has 1 aliphatic rings. The van der Waals surface area contributed by atoms with Crippen LogP contribution in [0.1, 0.15) is 6.42 Å². The van der Waals surface area contributed by atoms with Crippen molar-refractivity contribution in [1.82, 2.24) is 24.6 Å². The van der Waals surface area contributed by atoms with Gasteiger partial charge in [-0.15, -0.1) is 0 Å². The number of rotatable bonds is 4. The van der Waals surface area contributed by atoms with Crippen LogP contribution in [0.25, 0.3) is 22.2 Å². The van der Waals surface area contributed by atoms with Crippen LogP contribution in [0.2, 0.25) is 0 Å². The number of aromatic amines is 1. The lowest BCUT2D eigenvalue weighted by Crippen LogP contribution is -2.28. The molecule has 5 rings (SSSR count). The van der Waals surface area contributed by atoms with Gasteiger partial charge in [0.05, 0.1) is 17.2 Å². The molecule has 0 spiro atoms. The van der Waals surface area contributed by atoms with Crippen molar-refractivity contribution in [3.8, 4) is 11.1 Å². The monoisotopic (exact) mass is 429 g/mol. The number of aromatic nitrogens is 4. The van der Waals surface area contributed by atoms with Gasteiger partial charge in [-0.25, -0.2) is 4.98 Å². The molecule has 1 fully saturated rings. The fourth-order valence-electron chi connectivity index (χ4n) is 4.19. The summed E-state index contributed by atoms with van der Waals surface area (Å²) < 4.78 is 1.64. The predicted octanol–water partition coefficient (Wildman–Crippen LogP) is 3.21. The fourth-order valence-corrected chi connectivity index (χ4v) is 4.19. The summed E-state index contributed by atoms with van der Waals surface area (Å²) in [5, 5.41) is 10.0. The zero-order chi connectivity index (χ0) is 22.1. The Kier molecular flexibility index (Phi) is 5.36. The average Bonchev–Trinajstić information content (AvgIpc) is 3.26. The molecule has 0 aliphatic carbocycles. The highest BCUT2D eigenvalue weighted by Crippen LogP contribution is 2.24. The van der Waals surface area contributed by atoms with Gasteiger partial charge < -0.3 is 19.7 Å². The van der Waals surface area contributed by atoms with E-state index < -0.39 is 0 Å². The van der Waals surface area contributed by atoms with Crippen LogP contribution in [0.3, 0.4) is 0 Å². The van der Waals surface area contributed by atoms with E-state index in [1.54, 1.807) is 17.8 Å². The van der Waals surface area contributed by atoms with Crippen LogP contribution in [-0.4, -0.2) is 57.9 Å². The van der Waals surface area contributed by atoms with Crippen molar-refractivity contribution in [2.75, 3.05) is 43.4 Å². The van der Waals surface area contributed by atoms with Gasteiger partial charge in [0, 0.05) is 49.8 Å². The first-order chi connectivity index (χ1) is 15.6. The quantitative estimate of drug-likeness (QED) is 0.518. The second kappa shape index (κ2) is 8.47. The van der Waals surface area contributed by atoms with Gasteiger partial charge in [0.1, 0.15) is 0 Å². The van der Waals surface area contributed by atoms with Crippen molar-refractivity contribution in [2.45, 2.75) is 6.42 Å². The number of aryl methyl sites for hydroxylation is 1. The van der Waals surface area contributed by atoms with E-state index in [0.29, 0.717) is 5.82 Å². The van der Waals surface area contributed by atoms with Crippen molar-refractivity contribution in [3.63, 3.8) is 0 Å². The van der Waals surface area contributed by atoms with Crippen molar-refractivity contribution in [2.24, 2.45) is 7.05 Å². The Morgan fingerprint density at radius 1 is 0.969 bits per heavy atom. The molecule has 0 saturated carbocycles. The highest BCUT2D eigenvalue weighted by molar-refractivity contribution is 5.83. The number of nitrogens with zero attached hydrogens (tertiary/aromatic N) is 5. The van der Waals surface area contributed by atoms with E-state index in [9.17, 15) is 4.79 Å². The summed E-state index contributed by atoms with van der Waals surface area (Å²) in [5.41, 5.74) is 5.38. The van der Waals surface area contributed by atoms with Crippen LogP contribution < -0.4 is 15.8 Å². The first-order valence-corrected chi connectivity index (χ1v) is 10.9. The number of likely N-dealkylation sites (N-methyl/N-ethyl adjacent to an activating group) is 1. The minimum absolute atomic E-state index is 0.165. The topological polar surface area (TPSA) is 82.1 Å². The van der Waals surface area contributed by atoms with E-state index in [1.165, 1.54) is 5.69 Å². The molecule has 0 unspecified atom stereocenters. The molecule has 3 heterocycles. The number of H-pyrrole nitrogens is 1. The predicted molar refractivity (Wildman–Crippen MR) is 129 cm³/mol. The zero-order valence-electron chi connectivity index (χ0n) is 18.4. The molecule has 1 aliphatic heterocycles. The molecule has 0 atom stereocenters. The third-order valence-corrected chi connectivity index (χ3v) is 6.12. The average molecular weight is 430 g/mol. The standard InChI is InChI=1S/C24H27N7O/c1-29-10-3-11-31(13-12-29)20-7-5-19(6-8-20)27-23-24(32)30(2)22-14-17(4-9-21(22)28-23)18-15-25-26-16-18/h4-9,14-16H,3,10-13H2,1-2H3,(H,25,26)(H,27,28). The van der Waals surface area contributed by atoms with Crippen LogP contribution in [0, 0.1) is 0 Å². The molecule has 4 aromatic rings. The SMILES string of the molecule is CN1CCCN(c2ccc(Nc3nc4ccc(-c5cn[nH]c5)cc4n(C)c3=O)cc2)CC1. The highest BCUT2D eigenvalue weighted by atomic mass is 16.1. The highest BCUT2D eigenvalue weighted by Gasteiger charge is 2.14. The Labute approximate surface area is 186 Å². The van der Waals surface area contributed by atoms with E-state index in [-0.39, 0.29) is 5.56 Å². The maximum atomic E-state index is 13.0. The largest absolute Gasteiger partial charge is 0.370 e. The van der Waals surface area contributed by atoms with Crippen LogP contribution in [0.4, 0.5) is 17.2 Å². The lowest BCUT2D eigenvalue weighted by Gasteiger charge is -2.23. The summed E-state index contributed by atoms with van der Waals surface area (Å²) in [6.07, 6.45) is 4.75. The first kappa shape index (κ1) is 20.3. The lowest BCUT2D eigenvalue weighted by molar-refractivity contribution is 0.360. The van der Waals surface area contributed by atoms with E-state index in [1.807, 2.05) is 36.5 Å². The molecule has 8 heteroatoms. The van der Waals surface area contributed by atoms with E-state index >= 15 is 0 Å². The van der Waals surface area contributed by atoms with E-state index in [0.717, 1.165) is 60.4 Å². The summed E-state index contributed by atoms with van der Waals surface area (Å²) >= 11 is 0. The third-order valence-electron chi connectivity index (χ3n) is 6.12. The second-order valence-corrected chi connectivity index (χ2v) is 8.33. The van der Waals surface area contributed by atoms with Crippen molar-refractivity contribution in [3.05, 3.63) is 65.2 Å². The van der Waals surface area contributed by atoms with Gasteiger partial charge in [0.15, 0.2) is 5.82 Å². The normalized spacial score (nSPS) is 15.1. The minimum Gasteiger partial charge on any atom is -0.370 e. The van der Waals surface area contributed by atoms with E-state index in [2.05, 4.69) is 49.5 Å². The van der Waals surface area contributed by atoms with Gasteiger partial charge in [-0.05, 0) is 62.0 Å². The summed E-state index contributed by atoms with van der Waals surface area (Å²) in [6.45, 7) is 4.29. The van der Waals surface area contributed by atoms with Gasteiger partial charge >= 0.3 is 0 Å². The van der Waals surface area contributed by atoms with Crippen molar-refractivity contribution >= 4 is 28.2 Å². The van der Waals surface area contributed by atoms with Gasteiger partial charge in [0.25, 0.3) is 5.56 Å². The molecule has 8 nitrogen and oxygen atoms in total. The van der Waals surface area contributed by atoms with E-state index in [4.69, 9.17) is 0 Å². The molecule has 0 radical (unpaired) electrons. The lowest BCUT2D eigenvalue weighted by atomic mass is 10.1. The smallest absolute Gasteiger partial charge is 0.293 e. The molecule has 2 aromatic heterocycles. The number of anilines is 3. The maximum Gasteiger partial charge on any atom is 0.293 e. The fraction of sp³-hybridized carbons (Fsp3) is 0.292. The molecular formula is C24H27N7O. The third kappa shape index (κ3) is 3.97. The number of hydrogen-bond acceptors (Lipinski definition) is 6. The molecule has 2 aromatic carbocycles. The minimum atomic E-state index is -0.165. The number of hydrogen-bond donors (Lipinski definition) is 2. The maximum absolute atomic E-state index is 13.0. The van der Waals surface area contributed by atoms with Crippen molar-refractivity contribution in [1.29, 1.82) is 0 Å². The van der Waals surface area contributed by atoms with Gasteiger partial charge in [-0.1, -0.05) is 6.07 Å². The van der Waals surface area contributed by atoms with Gasteiger partial charge in [0.2, 0.25) is 0 Å². The van der Waals surface area contributed by atoms with Crippen LogP contribution in [-0.2, 0) is 7.05 Å². The van der Waals surface area contributed by atoms with Crippen LogP contribution in [0.5, 0.6) is 0 Å². The Morgan fingerprint density at radius 3 is 2.59 bits per heavy atom. The number of fused-ring (bicyclic) bond motifs is 1. The van der Waals surface area contributed by atoms with Crippen LogP contribution in [0.15, 0.2) is 59.7 Å². The molecule has 32 heavy (non-hydrogen) atoms. The molecule has 1 saturated heterocycles. The van der Waals surface area contributed by atoms with Crippen molar-refractivity contribution < 1.29 is 0 Å². The molecule has 0 amide bonds. The first-order valence-electron chi connectivity index (χ1n) is 10.9. The number of nitrogens with one attached hydrogen (secondary N) is 2. The molecule has 0 bridgehead atoms. The summed E-state index contributed by atoms with van der Waals surface area (Å²) in [5.74, 6) is 0.320. The zero-order valence-corrected chi connectivity index (χ0v) is 18.4. The second-order valence-electron chi connectivity index (χ2n) is 8.33. The summed E-state index contributed by atoms with van der Waals surface area (Å²) in [4.78, 5) is 22.4.